The molecule has 47 heavy (non-hydrogen) atoms. The van der Waals surface area contributed by atoms with E-state index in [1.54, 1.807) is 7.11 Å². The molecule has 9 heteroatoms. The van der Waals surface area contributed by atoms with E-state index in [0.717, 1.165) is 56.8 Å². The van der Waals surface area contributed by atoms with Crippen molar-refractivity contribution >= 4 is 34.0 Å². The predicted molar refractivity (Wildman–Crippen MR) is 202 cm³/mol. The summed E-state index contributed by atoms with van der Waals surface area (Å²) in [4.78, 5) is 11.4. The van der Waals surface area contributed by atoms with Gasteiger partial charge in [-0.25, -0.2) is 4.21 Å². The normalized spacial score (nSPS) is 31.4. The van der Waals surface area contributed by atoms with Gasteiger partial charge in [-0.2, -0.15) is 0 Å². The number of fused-ring (bicyclic) bond motifs is 1. The monoisotopic (exact) mass is 710 g/mol. The van der Waals surface area contributed by atoms with E-state index in [2.05, 4.69) is 94.6 Å². The van der Waals surface area contributed by atoms with E-state index in [9.17, 15) is 13.6 Å². The third kappa shape index (κ3) is 8.91. The molecule has 0 aliphatic heterocycles. The van der Waals surface area contributed by atoms with Crippen LogP contribution in [-0.2, 0) is 29.5 Å². The Morgan fingerprint density at radius 2 is 1.64 bits per heavy atom. The van der Waals surface area contributed by atoms with Gasteiger partial charge in [0.2, 0.25) is 0 Å². The molecular weight excluding hydrogens is 641 g/mol. The van der Waals surface area contributed by atoms with Crippen molar-refractivity contribution in [3.63, 3.8) is 0 Å². The lowest BCUT2D eigenvalue weighted by atomic mass is 9.60. The highest BCUT2D eigenvalue weighted by atomic mass is 32.2. The molecule has 0 radical (unpaired) electrons. The number of allylic oxidation sites excluding steroid dienone is 1. The molecule has 3 rings (SSSR count). The Labute approximate surface area is 293 Å². The lowest BCUT2D eigenvalue weighted by Crippen LogP contribution is -2.49. The summed E-state index contributed by atoms with van der Waals surface area (Å²) < 4.78 is 44.7. The summed E-state index contributed by atoms with van der Waals surface area (Å²) in [5, 5.41) is -0.455. The second-order valence-corrected chi connectivity index (χ2v) is 28.9. The average molecular weight is 711 g/mol. The van der Waals surface area contributed by atoms with E-state index in [1.807, 2.05) is 0 Å². The molecule has 0 aromatic rings. The summed E-state index contributed by atoms with van der Waals surface area (Å²) in [6.45, 7) is 29.8. The van der Waals surface area contributed by atoms with Crippen molar-refractivity contribution in [2.75, 3.05) is 7.11 Å². The number of hydrogen-bond acceptors (Lipinski definition) is 5. The minimum absolute atomic E-state index is 0.0439. The molecule has 272 valence electrons. The van der Waals surface area contributed by atoms with Gasteiger partial charge >= 0.3 is 0 Å². The second kappa shape index (κ2) is 15.4. The summed E-state index contributed by atoms with van der Waals surface area (Å²) in [6, 6.07) is 0. The van der Waals surface area contributed by atoms with E-state index in [1.165, 1.54) is 11.1 Å². The first kappa shape index (κ1) is 41.0. The number of ether oxygens (including phenoxy) is 1. The molecule has 0 amide bonds. The molecule has 3 aliphatic carbocycles. The Bertz CT molecular complexity index is 1180. The fourth-order valence-electron chi connectivity index (χ4n) is 8.63. The van der Waals surface area contributed by atoms with Crippen LogP contribution in [0, 0.1) is 23.2 Å². The first-order valence-electron chi connectivity index (χ1n) is 18.4. The number of aldehydes is 1. The lowest BCUT2D eigenvalue weighted by Gasteiger charge is -2.47. The van der Waals surface area contributed by atoms with Crippen LogP contribution in [0.25, 0.3) is 0 Å². The topological polar surface area (TPSA) is 82.1 Å². The van der Waals surface area contributed by atoms with Crippen LogP contribution in [0.1, 0.15) is 120 Å². The zero-order valence-corrected chi connectivity index (χ0v) is 35.3. The zero-order chi connectivity index (χ0) is 35.8. The largest absolute Gasteiger partial charge is 0.414 e. The van der Waals surface area contributed by atoms with Gasteiger partial charge in [0.15, 0.2) is 27.7 Å². The van der Waals surface area contributed by atoms with Gasteiger partial charge in [-0.05, 0) is 116 Å². The molecule has 0 bridgehead atoms. The van der Waals surface area contributed by atoms with Gasteiger partial charge in [0.25, 0.3) is 0 Å². The third-order valence-corrected chi connectivity index (χ3v) is 23.3. The van der Waals surface area contributed by atoms with Gasteiger partial charge in [0.05, 0.1) is 18.3 Å². The van der Waals surface area contributed by atoms with E-state index in [0.29, 0.717) is 24.7 Å². The fraction of sp³-hybridized carbons (Fsp3) is 0.868. The van der Waals surface area contributed by atoms with Gasteiger partial charge in [-0.3, -0.25) is 0 Å². The Kier molecular flexibility index (Phi) is 13.5. The van der Waals surface area contributed by atoms with Crippen LogP contribution in [0.15, 0.2) is 22.8 Å². The Morgan fingerprint density at radius 3 is 2.15 bits per heavy atom. The molecule has 7 unspecified atom stereocenters. The van der Waals surface area contributed by atoms with Crippen LogP contribution in [0.5, 0.6) is 0 Å². The standard InChI is InChI=1S/C38H70O6SSi2/c1-15-29-30(24-28(43-46(11,12)36(3,4)5)25-34(29)44-47(13,14)37(6,7)8)35(45(40)41)23-27-17-16-21-38(9)31(18-19-32(27)38)26(2)33(42-10)20-22-39/h22-23,26,28,31-35H,15-21,24-25H2,1-14H3,(H,40,41)/b27-23+/t26-,28?,31?,32?,33?,34?,35?,38-/m1/s1. The lowest BCUT2D eigenvalue weighted by molar-refractivity contribution is -0.111. The highest BCUT2D eigenvalue weighted by molar-refractivity contribution is 7.80. The highest BCUT2D eigenvalue weighted by Crippen LogP contribution is 2.60. The number of methoxy groups -OCH3 is 1. The van der Waals surface area contributed by atoms with E-state index in [-0.39, 0.29) is 39.7 Å². The van der Waals surface area contributed by atoms with Crippen LogP contribution in [-0.4, -0.2) is 62.4 Å². The Morgan fingerprint density at radius 1 is 1.04 bits per heavy atom. The highest BCUT2D eigenvalue weighted by Gasteiger charge is 2.52. The van der Waals surface area contributed by atoms with Crippen LogP contribution >= 0.6 is 0 Å². The molecule has 0 spiro atoms. The zero-order valence-electron chi connectivity index (χ0n) is 32.5. The van der Waals surface area contributed by atoms with Crippen LogP contribution in [0.3, 0.4) is 0 Å². The van der Waals surface area contributed by atoms with Gasteiger partial charge in [-0.1, -0.05) is 74.0 Å². The van der Waals surface area contributed by atoms with Gasteiger partial charge in [0.1, 0.15) is 11.5 Å². The average Bonchev–Trinajstić information content (AvgIpc) is 3.29. The molecule has 2 saturated carbocycles. The Hall–Kier alpha value is -0.426. The minimum Gasteiger partial charge on any atom is -0.414 e. The van der Waals surface area contributed by atoms with E-state index in [4.69, 9.17) is 13.6 Å². The van der Waals surface area contributed by atoms with Crippen molar-refractivity contribution in [3.05, 3.63) is 22.8 Å². The van der Waals surface area contributed by atoms with Crippen molar-refractivity contribution in [2.24, 2.45) is 23.2 Å². The quantitative estimate of drug-likeness (QED) is 0.0887. The summed E-state index contributed by atoms with van der Waals surface area (Å²) in [6.07, 6.45) is 11.0. The predicted octanol–water partition coefficient (Wildman–Crippen LogP) is 10.2. The molecule has 0 aromatic heterocycles. The van der Waals surface area contributed by atoms with Crippen molar-refractivity contribution in [3.8, 4) is 0 Å². The second-order valence-electron chi connectivity index (χ2n) is 18.3. The summed E-state index contributed by atoms with van der Waals surface area (Å²) in [5.74, 6) is 1.09. The molecule has 1 N–H and O–H groups in total. The number of rotatable bonds is 13. The van der Waals surface area contributed by atoms with Crippen molar-refractivity contribution < 1.29 is 27.1 Å². The molecule has 3 aliphatic rings. The molecule has 9 atom stereocenters. The first-order chi connectivity index (χ1) is 21.5. The molecule has 0 saturated heterocycles. The summed E-state index contributed by atoms with van der Waals surface area (Å²) >= 11 is -2.07. The smallest absolute Gasteiger partial charge is 0.192 e. The third-order valence-electron chi connectivity index (χ3n) is 13.4. The molecule has 0 aromatic carbocycles. The fourth-order valence-corrected chi connectivity index (χ4v) is 12.1. The van der Waals surface area contributed by atoms with Crippen molar-refractivity contribution in [1.82, 2.24) is 0 Å². The van der Waals surface area contributed by atoms with Crippen molar-refractivity contribution in [1.29, 1.82) is 0 Å². The Balaban J connectivity index is 2.09. The first-order valence-corrected chi connectivity index (χ1v) is 25.4. The van der Waals surface area contributed by atoms with E-state index < -0.39 is 33.0 Å². The maximum atomic E-state index is 13.5. The van der Waals surface area contributed by atoms with Crippen LogP contribution in [0.4, 0.5) is 0 Å². The minimum atomic E-state index is -2.14. The number of carbonyl (C=O) groups is 1. The van der Waals surface area contributed by atoms with Gasteiger partial charge in [-0.15, -0.1) is 0 Å². The molecular formula is C38H70O6SSi2. The van der Waals surface area contributed by atoms with E-state index >= 15 is 0 Å². The molecule has 0 heterocycles. The maximum absolute atomic E-state index is 13.5. The van der Waals surface area contributed by atoms with Crippen LogP contribution < -0.4 is 0 Å². The SMILES string of the molecule is CCC1=C(C(/C=C2\CCC[C@@]3(C)C2CCC3[C@@H](C)C(CC=O)OC)S(=O)O)CC(O[Si](C)(C)C(C)(C)C)CC1O[Si](C)(C)C(C)(C)C. The van der Waals surface area contributed by atoms with Gasteiger partial charge in [0, 0.05) is 20.0 Å². The maximum Gasteiger partial charge on any atom is 0.192 e. The molecule has 2 fully saturated rings. The van der Waals surface area contributed by atoms with Gasteiger partial charge < -0.3 is 22.9 Å². The molecule has 6 nitrogen and oxygen atoms in total. The van der Waals surface area contributed by atoms with Crippen LogP contribution in [0.2, 0.25) is 36.3 Å². The summed E-state index contributed by atoms with van der Waals surface area (Å²) in [7, 11) is -2.52. The number of hydrogen-bond donors (Lipinski definition) is 1. The van der Waals surface area contributed by atoms with Crippen molar-refractivity contribution in [2.45, 2.75) is 180 Å². The number of carbonyl (C=O) groups excluding carboxylic acids is 1. The summed E-state index contributed by atoms with van der Waals surface area (Å²) in [5.41, 5.74) is 3.71.